The lowest BCUT2D eigenvalue weighted by Crippen LogP contribution is -2.03. The van der Waals surface area contributed by atoms with Gasteiger partial charge in [0, 0.05) is 12.2 Å². The zero-order valence-electron chi connectivity index (χ0n) is 13.0. The maximum Gasteiger partial charge on any atom is 0.0400 e. The summed E-state index contributed by atoms with van der Waals surface area (Å²) in [5.41, 5.74) is 5.35. The van der Waals surface area contributed by atoms with Crippen LogP contribution < -0.4 is 5.32 Å². The molecule has 0 bridgehead atoms. The summed E-state index contributed by atoms with van der Waals surface area (Å²) in [6.07, 6.45) is 0. The molecule has 0 aliphatic carbocycles. The van der Waals surface area contributed by atoms with Crippen LogP contribution in [0.15, 0.2) is 48.5 Å². The summed E-state index contributed by atoms with van der Waals surface area (Å²) in [6.45, 7) is 9.80. The van der Waals surface area contributed by atoms with Gasteiger partial charge in [0.25, 0.3) is 0 Å². The first-order valence-corrected chi connectivity index (χ1v) is 7.49. The van der Waals surface area contributed by atoms with E-state index in [2.05, 4.69) is 81.5 Å². The topological polar surface area (TPSA) is 12.0 Å². The maximum atomic E-state index is 3.56. The molecule has 0 radical (unpaired) electrons. The van der Waals surface area contributed by atoms with E-state index in [4.69, 9.17) is 0 Å². The summed E-state index contributed by atoms with van der Waals surface area (Å²) in [6, 6.07) is 17.5. The first-order chi connectivity index (χ1) is 9.58. The van der Waals surface area contributed by atoms with E-state index in [1.54, 1.807) is 0 Å². The minimum atomic E-state index is 0.544. The van der Waals surface area contributed by atoms with Crippen molar-refractivity contribution in [2.45, 2.75) is 46.1 Å². The van der Waals surface area contributed by atoms with Gasteiger partial charge < -0.3 is 5.32 Å². The number of rotatable bonds is 5. The molecule has 0 aliphatic heterocycles. The second kappa shape index (κ2) is 6.60. The van der Waals surface area contributed by atoms with E-state index in [1.807, 2.05) is 0 Å². The lowest BCUT2D eigenvalue weighted by molar-refractivity contribution is 0.862. The normalized spacial score (nSPS) is 11.1. The molecule has 0 heterocycles. The van der Waals surface area contributed by atoms with Crippen LogP contribution in [0.1, 0.15) is 56.2 Å². The van der Waals surface area contributed by atoms with Gasteiger partial charge >= 0.3 is 0 Å². The maximum absolute atomic E-state index is 3.56. The molecule has 0 spiro atoms. The Kier molecular flexibility index (Phi) is 4.84. The Hall–Kier alpha value is -1.76. The van der Waals surface area contributed by atoms with Crippen molar-refractivity contribution in [3.63, 3.8) is 0 Å². The van der Waals surface area contributed by atoms with Crippen molar-refractivity contribution in [1.29, 1.82) is 0 Å². The Morgan fingerprint density at radius 1 is 0.800 bits per heavy atom. The van der Waals surface area contributed by atoms with Gasteiger partial charge in [-0.25, -0.2) is 0 Å². The highest BCUT2D eigenvalue weighted by Crippen LogP contribution is 2.24. The van der Waals surface area contributed by atoms with Gasteiger partial charge in [-0.3, -0.25) is 0 Å². The second-order valence-corrected chi connectivity index (χ2v) is 5.99. The third kappa shape index (κ3) is 3.63. The molecule has 0 saturated heterocycles. The SMILES string of the molecule is CC(C)c1ccc(CNc2ccccc2C(C)C)cc1. The molecular weight excluding hydrogens is 242 g/mol. The van der Waals surface area contributed by atoms with Crippen molar-refractivity contribution < 1.29 is 0 Å². The van der Waals surface area contributed by atoms with E-state index in [0.717, 1.165) is 6.54 Å². The van der Waals surface area contributed by atoms with E-state index >= 15 is 0 Å². The summed E-state index contributed by atoms with van der Waals surface area (Å²) in [5.74, 6) is 1.14. The van der Waals surface area contributed by atoms with Crippen molar-refractivity contribution in [1.82, 2.24) is 0 Å². The number of hydrogen-bond donors (Lipinski definition) is 1. The monoisotopic (exact) mass is 267 g/mol. The molecular formula is C19H25N. The van der Waals surface area contributed by atoms with E-state index in [1.165, 1.54) is 22.4 Å². The first-order valence-electron chi connectivity index (χ1n) is 7.49. The molecule has 0 unspecified atom stereocenters. The Morgan fingerprint density at radius 3 is 2.05 bits per heavy atom. The number of anilines is 1. The Bertz CT molecular complexity index is 538. The fourth-order valence-electron chi connectivity index (χ4n) is 2.38. The predicted molar refractivity (Wildman–Crippen MR) is 88.4 cm³/mol. The number of para-hydroxylation sites is 1. The number of hydrogen-bond acceptors (Lipinski definition) is 1. The summed E-state index contributed by atoms with van der Waals surface area (Å²) < 4.78 is 0. The molecule has 0 saturated carbocycles. The van der Waals surface area contributed by atoms with Gasteiger partial charge in [-0.2, -0.15) is 0 Å². The van der Waals surface area contributed by atoms with Crippen LogP contribution in [0.4, 0.5) is 5.69 Å². The van der Waals surface area contributed by atoms with Crippen molar-refractivity contribution in [3.8, 4) is 0 Å². The average Bonchev–Trinajstić information content (AvgIpc) is 2.45. The van der Waals surface area contributed by atoms with Crippen LogP contribution in [0.3, 0.4) is 0 Å². The molecule has 0 aliphatic rings. The standard InChI is InChI=1S/C19H25N/c1-14(2)17-11-9-16(10-12-17)13-20-19-8-6-5-7-18(19)15(3)4/h5-12,14-15,20H,13H2,1-4H3. The minimum Gasteiger partial charge on any atom is -0.381 e. The van der Waals surface area contributed by atoms with Gasteiger partial charge in [0.05, 0.1) is 0 Å². The van der Waals surface area contributed by atoms with Crippen molar-refractivity contribution in [2.24, 2.45) is 0 Å². The molecule has 2 aromatic rings. The molecule has 2 rings (SSSR count). The van der Waals surface area contributed by atoms with Crippen LogP contribution >= 0.6 is 0 Å². The van der Waals surface area contributed by atoms with Gasteiger partial charge in [-0.05, 0) is 34.6 Å². The summed E-state index contributed by atoms with van der Waals surface area (Å²) in [5, 5.41) is 3.56. The Morgan fingerprint density at radius 2 is 1.45 bits per heavy atom. The van der Waals surface area contributed by atoms with Gasteiger partial charge in [0.1, 0.15) is 0 Å². The van der Waals surface area contributed by atoms with Crippen LogP contribution in [0.2, 0.25) is 0 Å². The van der Waals surface area contributed by atoms with Crippen LogP contribution in [-0.4, -0.2) is 0 Å². The third-order valence-electron chi connectivity index (χ3n) is 3.71. The molecule has 0 amide bonds. The zero-order chi connectivity index (χ0) is 14.5. The molecule has 1 N–H and O–H groups in total. The molecule has 1 heteroatoms. The molecule has 20 heavy (non-hydrogen) atoms. The Labute approximate surface area is 123 Å². The number of nitrogens with one attached hydrogen (secondary N) is 1. The van der Waals surface area contributed by atoms with Crippen molar-refractivity contribution in [3.05, 3.63) is 65.2 Å². The lowest BCUT2D eigenvalue weighted by atomic mass is 10.0. The fourth-order valence-corrected chi connectivity index (χ4v) is 2.38. The van der Waals surface area contributed by atoms with E-state index in [0.29, 0.717) is 11.8 Å². The highest BCUT2D eigenvalue weighted by molar-refractivity contribution is 5.52. The van der Waals surface area contributed by atoms with Gasteiger partial charge in [-0.15, -0.1) is 0 Å². The molecule has 0 atom stereocenters. The second-order valence-electron chi connectivity index (χ2n) is 5.99. The smallest absolute Gasteiger partial charge is 0.0400 e. The molecule has 0 aromatic heterocycles. The van der Waals surface area contributed by atoms with Crippen molar-refractivity contribution in [2.75, 3.05) is 5.32 Å². The summed E-state index contributed by atoms with van der Waals surface area (Å²) >= 11 is 0. The lowest BCUT2D eigenvalue weighted by Gasteiger charge is -2.15. The molecule has 106 valence electrons. The average molecular weight is 267 g/mol. The third-order valence-corrected chi connectivity index (χ3v) is 3.71. The zero-order valence-corrected chi connectivity index (χ0v) is 13.0. The van der Waals surface area contributed by atoms with Crippen LogP contribution in [0.5, 0.6) is 0 Å². The van der Waals surface area contributed by atoms with Crippen LogP contribution in [0, 0.1) is 0 Å². The predicted octanol–water partition coefficient (Wildman–Crippen LogP) is 5.55. The number of benzene rings is 2. The van der Waals surface area contributed by atoms with Gasteiger partial charge in [-0.1, -0.05) is 70.2 Å². The van der Waals surface area contributed by atoms with E-state index in [-0.39, 0.29) is 0 Å². The quantitative estimate of drug-likeness (QED) is 0.749. The van der Waals surface area contributed by atoms with Crippen LogP contribution in [0.25, 0.3) is 0 Å². The molecule has 2 aromatic carbocycles. The summed E-state index contributed by atoms with van der Waals surface area (Å²) in [7, 11) is 0. The fraction of sp³-hybridized carbons (Fsp3) is 0.368. The van der Waals surface area contributed by atoms with Crippen molar-refractivity contribution >= 4 is 5.69 Å². The van der Waals surface area contributed by atoms with Gasteiger partial charge in [0.2, 0.25) is 0 Å². The first kappa shape index (κ1) is 14.6. The molecule has 1 nitrogen and oxygen atoms in total. The van der Waals surface area contributed by atoms with Gasteiger partial charge in [0.15, 0.2) is 0 Å². The highest BCUT2D eigenvalue weighted by Gasteiger charge is 2.05. The largest absolute Gasteiger partial charge is 0.381 e. The highest BCUT2D eigenvalue weighted by atomic mass is 14.9. The minimum absolute atomic E-state index is 0.544. The molecule has 0 fully saturated rings. The van der Waals surface area contributed by atoms with Crippen LogP contribution in [-0.2, 0) is 6.54 Å². The van der Waals surface area contributed by atoms with E-state index in [9.17, 15) is 0 Å². The Balaban J connectivity index is 2.05. The van der Waals surface area contributed by atoms with E-state index < -0.39 is 0 Å². The summed E-state index contributed by atoms with van der Waals surface area (Å²) in [4.78, 5) is 0.